The highest BCUT2D eigenvalue weighted by Gasteiger charge is 2.50. The number of ether oxygens (including phenoxy) is 2. The summed E-state index contributed by atoms with van der Waals surface area (Å²) in [5.41, 5.74) is 2.53. The Bertz CT molecular complexity index is 1620. The fourth-order valence-electron chi connectivity index (χ4n) is 4.98. The number of fused-ring (bicyclic) bond motifs is 1. The van der Waals surface area contributed by atoms with Crippen molar-refractivity contribution in [2.75, 3.05) is 6.61 Å². The van der Waals surface area contributed by atoms with Gasteiger partial charge in [-0.25, -0.2) is 4.79 Å². The zero-order valence-electron chi connectivity index (χ0n) is 24.9. The number of epoxide rings is 1. The van der Waals surface area contributed by atoms with Crippen LogP contribution in [0.15, 0.2) is 103 Å². The molecule has 3 N–H and O–H groups in total. The van der Waals surface area contributed by atoms with Crippen LogP contribution in [0.25, 0.3) is 10.1 Å². The Balaban J connectivity index is 1.31. The van der Waals surface area contributed by atoms with Crippen molar-refractivity contribution in [3.63, 3.8) is 0 Å². The third kappa shape index (κ3) is 7.92. The highest BCUT2D eigenvalue weighted by Crippen LogP contribution is 2.30. The Morgan fingerprint density at radius 3 is 2.20 bits per heavy atom. The molecule has 9 heteroatoms. The van der Waals surface area contributed by atoms with E-state index in [4.69, 9.17) is 9.47 Å². The topological polar surface area (TPSA) is 109 Å². The highest BCUT2D eigenvalue weighted by atomic mass is 32.1. The summed E-state index contributed by atoms with van der Waals surface area (Å²) < 4.78 is 11.9. The van der Waals surface area contributed by atoms with Gasteiger partial charge in [0.05, 0.1) is 18.7 Å². The fraction of sp³-hybridized carbons (Fsp3) is 0.286. The number of ketones is 1. The molecular formula is C35H37N3O5S. The maximum absolute atomic E-state index is 13.5. The van der Waals surface area contributed by atoms with Gasteiger partial charge >= 0.3 is 6.09 Å². The van der Waals surface area contributed by atoms with E-state index in [0.29, 0.717) is 25.1 Å². The first kappa shape index (κ1) is 31.0. The molecule has 44 heavy (non-hydrogen) atoms. The van der Waals surface area contributed by atoms with Crippen LogP contribution in [0, 0.1) is 0 Å². The summed E-state index contributed by atoms with van der Waals surface area (Å²) in [6.45, 7) is 8.14. The summed E-state index contributed by atoms with van der Waals surface area (Å²) in [6, 6.07) is 25.1. The summed E-state index contributed by atoms with van der Waals surface area (Å²) in [7, 11) is 0. The van der Waals surface area contributed by atoms with Gasteiger partial charge in [0.15, 0.2) is 5.78 Å². The lowest BCUT2D eigenvalue weighted by Gasteiger charge is -2.28. The summed E-state index contributed by atoms with van der Waals surface area (Å²) in [5.74, 6) is -0.470. The third-order valence-electron chi connectivity index (χ3n) is 7.72. The molecule has 1 aliphatic rings. The molecule has 0 radical (unpaired) electrons. The fourth-order valence-corrected chi connectivity index (χ4v) is 5.95. The monoisotopic (exact) mass is 611 g/mol. The van der Waals surface area contributed by atoms with Gasteiger partial charge in [0.1, 0.15) is 18.2 Å². The third-order valence-corrected chi connectivity index (χ3v) is 8.73. The first-order chi connectivity index (χ1) is 21.2. The number of hydrogen-bond donors (Lipinski definition) is 3. The van der Waals surface area contributed by atoms with Gasteiger partial charge in [-0.05, 0) is 60.2 Å². The Morgan fingerprint density at radius 2 is 1.52 bits per heavy atom. The van der Waals surface area contributed by atoms with Gasteiger partial charge in [-0.2, -0.15) is 0 Å². The van der Waals surface area contributed by atoms with E-state index in [1.165, 1.54) is 0 Å². The zero-order valence-corrected chi connectivity index (χ0v) is 25.7. The normalized spacial score (nSPS) is 17.6. The van der Waals surface area contributed by atoms with E-state index in [0.717, 1.165) is 26.8 Å². The van der Waals surface area contributed by atoms with Crippen molar-refractivity contribution >= 4 is 39.2 Å². The van der Waals surface area contributed by atoms with Crippen LogP contribution >= 0.6 is 11.3 Å². The number of thiophene rings is 1. The average molecular weight is 612 g/mol. The largest absolute Gasteiger partial charge is 0.445 e. The molecule has 228 valence electrons. The number of amides is 2. The van der Waals surface area contributed by atoms with Gasteiger partial charge in [-0.15, -0.1) is 11.3 Å². The SMILES string of the molecule is C=C(N[C@@H](Cc1ccccc1)C(=O)[C@@]1(C)CO1)[C@H](Cc1csc2ccccc12)NC(=O)[C@H](C)NC(=O)OCc1ccccc1. The Hall–Kier alpha value is -4.47. The molecule has 0 aliphatic carbocycles. The van der Waals surface area contributed by atoms with Gasteiger partial charge in [0, 0.05) is 10.4 Å². The molecule has 4 aromatic rings. The summed E-state index contributed by atoms with van der Waals surface area (Å²) >= 11 is 1.63. The molecule has 0 unspecified atom stereocenters. The molecule has 0 saturated carbocycles. The zero-order chi connectivity index (χ0) is 31.1. The minimum absolute atomic E-state index is 0.0650. The van der Waals surface area contributed by atoms with Gasteiger partial charge in [-0.3, -0.25) is 9.59 Å². The van der Waals surface area contributed by atoms with E-state index in [1.807, 2.05) is 72.8 Å². The van der Waals surface area contributed by atoms with Crippen molar-refractivity contribution in [2.45, 2.75) is 57.0 Å². The second-order valence-electron chi connectivity index (χ2n) is 11.2. The molecule has 5 rings (SSSR count). The number of carbonyl (C=O) groups is 3. The summed E-state index contributed by atoms with van der Waals surface area (Å²) in [5, 5.41) is 12.2. The minimum atomic E-state index is -0.881. The molecule has 2 amide bonds. The van der Waals surface area contributed by atoms with Crippen molar-refractivity contribution < 1.29 is 23.9 Å². The lowest BCUT2D eigenvalue weighted by atomic mass is 9.93. The molecule has 0 bridgehead atoms. The molecule has 0 spiro atoms. The van der Waals surface area contributed by atoms with Gasteiger partial charge in [-0.1, -0.05) is 85.4 Å². The van der Waals surface area contributed by atoms with Crippen LogP contribution in [-0.4, -0.2) is 48.1 Å². The van der Waals surface area contributed by atoms with Crippen LogP contribution in [0.1, 0.15) is 30.5 Å². The lowest BCUT2D eigenvalue weighted by Crippen LogP contribution is -2.53. The molecule has 1 aromatic heterocycles. The lowest BCUT2D eigenvalue weighted by molar-refractivity contribution is -0.125. The maximum atomic E-state index is 13.5. The first-order valence-corrected chi connectivity index (χ1v) is 15.5. The van der Waals surface area contributed by atoms with E-state index < -0.39 is 35.7 Å². The first-order valence-electron chi connectivity index (χ1n) is 14.6. The van der Waals surface area contributed by atoms with Crippen LogP contribution < -0.4 is 16.0 Å². The van der Waals surface area contributed by atoms with Crippen molar-refractivity contribution in [3.8, 4) is 0 Å². The van der Waals surface area contributed by atoms with Crippen molar-refractivity contribution in [3.05, 3.63) is 119 Å². The number of alkyl carbamates (subject to hydrolysis) is 1. The van der Waals surface area contributed by atoms with Crippen LogP contribution in [0.4, 0.5) is 4.79 Å². The predicted molar refractivity (Wildman–Crippen MR) is 172 cm³/mol. The second-order valence-corrected chi connectivity index (χ2v) is 12.2. The van der Waals surface area contributed by atoms with Crippen molar-refractivity contribution in [2.24, 2.45) is 0 Å². The minimum Gasteiger partial charge on any atom is -0.445 e. The van der Waals surface area contributed by atoms with Crippen LogP contribution in [0.2, 0.25) is 0 Å². The predicted octanol–water partition coefficient (Wildman–Crippen LogP) is 5.32. The van der Waals surface area contributed by atoms with Gasteiger partial charge < -0.3 is 25.4 Å². The molecule has 4 atom stereocenters. The summed E-state index contributed by atoms with van der Waals surface area (Å²) in [4.78, 5) is 39.4. The van der Waals surface area contributed by atoms with E-state index in [9.17, 15) is 14.4 Å². The quantitative estimate of drug-likeness (QED) is 0.167. The summed E-state index contributed by atoms with van der Waals surface area (Å²) in [6.07, 6.45) is 0.178. The van der Waals surface area contributed by atoms with Gasteiger partial charge in [0.2, 0.25) is 5.91 Å². The molecule has 1 fully saturated rings. The highest BCUT2D eigenvalue weighted by molar-refractivity contribution is 7.17. The van der Waals surface area contributed by atoms with E-state index in [1.54, 1.807) is 25.2 Å². The van der Waals surface area contributed by atoms with E-state index in [-0.39, 0.29) is 12.4 Å². The van der Waals surface area contributed by atoms with Crippen molar-refractivity contribution in [1.82, 2.24) is 16.0 Å². The maximum Gasteiger partial charge on any atom is 0.408 e. The molecule has 2 heterocycles. The number of hydrogen-bond acceptors (Lipinski definition) is 7. The second kappa shape index (κ2) is 13.9. The van der Waals surface area contributed by atoms with Crippen molar-refractivity contribution in [1.29, 1.82) is 0 Å². The standard InChI is InChI=1S/C35H37N3O5S/c1-23(36-30(32(39)35(3)22-43-35)18-25-12-6-4-7-13-25)29(19-27-21-44-31-17-11-10-16-28(27)31)38-33(40)24(2)37-34(41)42-20-26-14-8-5-9-15-26/h4-17,21,24,29-30,36H,1,18-20,22H2,2-3H3,(H,37,41)(H,38,40)/t24-,29-,30-,35+/m0/s1. The van der Waals surface area contributed by atoms with Crippen LogP contribution in [0.3, 0.4) is 0 Å². The van der Waals surface area contributed by atoms with Crippen LogP contribution in [-0.2, 0) is 38.5 Å². The number of benzene rings is 3. The molecule has 3 aromatic carbocycles. The number of rotatable bonds is 14. The van der Waals surface area contributed by atoms with Crippen LogP contribution in [0.5, 0.6) is 0 Å². The number of nitrogens with one attached hydrogen (secondary N) is 3. The Labute approximate surface area is 261 Å². The molecular weight excluding hydrogens is 574 g/mol. The number of Topliss-reactive ketones (excluding diaryl/α,β-unsaturated/α-hetero) is 1. The Kier molecular flexibility index (Phi) is 9.77. The van der Waals surface area contributed by atoms with E-state index in [2.05, 4.69) is 40.0 Å². The van der Waals surface area contributed by atoms with E-state index >= 15 is 0 Å². The molecule has 1 aliphatic heterocycles. The number of carbonyl (C=O) groups excluding carboxylic acids is 3. The average Bonchev–Trinajstić information content (AvgIpc) is 3.67. The van der Waals surface area contributed by atoms with Gasteiger partial charge in [0.25, 0.3) is 0 Å². The molecule has 8 nitrogen and oxygen atoms in total. The molecule has 1 saturated heterocycles. The Morgan fingerprint density at radius 1 is 0.886 bits per heavy atom. The smallest absolute Gasteiger partial charge is 0.408 e.